The summed E-state index contributed by atoms with van der Waals surface area (Å²) in [6.45, 7) is 5.25. The van der Waals surface area contributed by atoms with Gasteiger partial charge in [0.2, 0.25) is 5.95 Å². The molecule has 3 N–H and O–H groups in total. The lowest BCUT2D eigenvalue weighted by atomic mass is 10.3. The molecule has 0 saturated carbocycles. The summed E-state index contributed by atoms with van der Waals surface area (Å²) in [5, 5.41) is 16.2. The third-order valence-electron chi connectivity index (χ3n) is 3.39. The van der Waals surface area contributed by atoms with Crippen molar-refractivity contribution >= 4 is 28.6 Å². The van der Waals surface area contributed by atoms with Crippen molar-refractivity contribution in [1.29, 1.82) is 0 Å². The topological polar surface area (TPSA) is 99.1 Å². The molecule has 1 unspecified atom stereocenters. The van der Waals surface area contributed by atoms with Crippen LogP contribution in [0.15, 0.2) is 6.33 Å². The van der Waals surface area contributed by atoms with Crippen molar-refractivity contribution in [2.45, 2.75) is 32.8 Å². The molecule has 1 atom stereocenters. The number of aliphatic hydroxyl groups is 1. The minimum Gasteiger partial charge on any atom is -0.391 e. The molecule has 0 aliphatic rings. The summed E-state index contributed by atoms with van der Waals surface area (Å²) in [4.78, 5) is 19.5. The Morgan fingerprint density at radius 1 is 1.09 bits per heavy atom. The summed E-state index contributed by atoms with van der Waals surface area (Å²) in [7, 11) is 3.78. The predicted molar refractivity (Wildman–Crippen MR) is 93.0 cm³/mol. The minimum atomic E-state index is -0.423. The molecular weight excluding hydrogens is 294 g/mol. The molecular formula is C15H25N7O. The van der Waals surface area contributed by atoms with Gasteiger partial charge in [-0.2, -0.15) is 4.98 Å². The van der Waals surface area contributed by atoms with E-state index in [1.165, 1.54) is 6.33 Å². The molecule has 0 amide bonds. The van der Waals surface area contributed by atoms with Crippen LogP contribution in [-0.2, 0) is 0 Å². The lowest BCUT2D eigenvalue weighted by Gasteiger charge is -2.16. The maximum atomic E-state index is 9.75. The van der Waals surface area contributed by atoms with Gasteiger partial charge in [-0.15, -0.1) is 0 Å². The number of nitrogens with one attached hydrogen (secondary N) is 2. The Morgan fingerprint density at radius 2 is 1.87 bits per heavy atom. The van der Waals surface area contributed by atoms with Crippen molar-refractivity contribution < 1.29 is 5.11 Å². The summed E-state index contributed by atoms with van der Waals surface area (Å²) in [5.41, 5.74) is 1.32. The highest BCUT2D eigenvalue weighted by Gasteiger charge is 2.14. The van der Waals surface area contributed by atoms with Crippen molar-refractivity contribution in [3.8, 4) is 0 Å². The Kier molecular flexibility index (Phi) is 5.86. The maximum absolute atomic E-state index is 9.75. The van der Waals surface area contributed by atoms with E-state index in [0.29, 0.717) is 41.6 Å². The Hall–Kier alpha value is -2.22. The van der Waals surface area contributed by atoms with Gasteiger partial charge in [0.15, 0.2) is 11.6 Å². The molecule has 23 heavy (non-hydrogen) atoms. The lowest BCUT2D eigenvalue weighted by molar-refractivity contribution is 0.183. The molecule has 2 rings (SSSR count). The molecule has 0 saturated heterocycles. The van der Waals surface area contributed by atoms with Crippen LogP contribution in [0.4, 0.5) is 17.6 Å². The Bertz CT molecular complexity index is 647. The van der Waals surface area contributed by atoms with Crippen molar-refractivity contribution in [3.05, 3.63) is 6.33 Å². The van der Waals surface area contributed by atoms with Crippen molar-refractivity contribution in [3.63, 3.8) is 0 Å². The SMILES string of the molecule is CCCNc1nc(N(C)C)nc2c(NCC(O)CC)ncnc12. The Balaban J connectivity index is 2.45. The van der Waals surface area contributed by atoms with E-state index < -0.39 is 6.10 Å². The normalized spacial score (nSPS) is 12.2. The first-order valence-electron chi connectivity index (χ1n) is 7.92. The monoisotopic (exact) mass is 319 g/mol. The average molecular weight is 319 g/mol. The molecule has 8 nitrogen and oxygen atoms in total. The zero-order valence-electron chi connectivity index (χ0n) is 14.2. The number of rotatable bonds is 8. The largest absolute Gasteiger partial charge is 0.391 e. The number of aliphatic hydroxyl groups excluding tert-OH is 1. The molecule has 0 aromatic carbocycles. The van der Waals surface area contributed by atoms with Gasteiger partial charge in [0, 0.05) is 27.2 Å². The number of hydrogen-bond donors (Lipinski definition) is 3. The first kappa shape index (κ1) is 17.1. The molecule has 0 aliphatic heterocycles. The summed E-state index contributed by atoms with van der Waals surface area (Å²) < 4.78 is 0. The first-order chi connectivity index (χ1) is 11.1. The van der Waals surface area contributed by atoms with Crippen LogP contribution < -0.4 is 15.5 Å². The molecule has 126 valence electrons. The summed E-state index contributed by atoms with van der Waals surface area (Å²) in [5.74, 6) is 1.89. The molecule has 0 spiro atoms. The van der Waals surface area contributed by atoms with Crippen molar-refractivity contribution in [2.24, 2.45) is 0 Å². The van der Waals surface area contributed by atoms with Gasteiger partial charge in [-0.05, 0) is 12.8 Å². The second-order valence-corrected chi connectivity index (χ2v) is 5.56. The minimum absolute atomic E-state index is 0.418. The fraction of sp³-hybridized carbons (Fsp3) is 0.600. The number of fused-ring (bicyclic) bond motifs is 1. The third-order valence-corrected chi connectivity index (χ3v) is 3.39. The molecule has 2 aromatic heterocycles. The lowest BCUT2D eigenvalue weighted by Crippen LogP contribution is -2.20. The van der Waals surface area contributed by atoms with Crippen molar-refractivity contribution in [2.75, 3.05) is 42.7 Å². The van der Waals surface area contributed by atoms with Gasteiger partial charge >= 0.3 is 0 Å². The second-order valence-electron chi connectivity index (χ2n) is 5.56. The quantitative estimate of drug-likeness (QED) is 0.673. The van der Waals surface area contributed by atoms with Gasteiger partial charge in [-0.3, -0.25) is 0 Å². The van der Waals surface area contributed by atoms with Crippen LogP contribution >= 0.6 is 0 Å². The van der Waals surface area contributed by atoms with Crippen LogP contribution in [0, 0.1) is 0 Å². The van der Waals surface area contributed by atoms with Gasteiger partial charge in [-0.25, -0.2) is 15.0 Å². The van der Waals surface area contributed by atoms with E-state index in [1.54, 1.807) is 0 Å². The molecule has 0 bridgehead atoms. The van der Waals surface area contributed by atoms with Crippen LogP contribution in [0.2, 0.25) is 0 Å². The highest BCUT2D eigenvalue weighted by Crippen LogP contribution is 2.25. The number of aromatic nitrogens is 4. The predicted octanol–water partition coefficient (Wildman–Crippen LogP) is 1.49. The molecule has 2 heterocycles. The molecule has 0 radical (unpaired) electrons. The zero-order chi connectivity index (χ0) is 16.8. The summed E-state index contributed by atoms with van der Waals surface area (Å²) in [6, 6.07) is 0. The van der Waals surface area contributed by atoms with Gasteiger partial charge in [-0.1, -0.05) is 13.8 Å². The Labute approximate surface area is 136 Å². The van der Waals surface area contributed by atoms with Gasteiger partial charge in [0.05, 0.1) is 6.10 Å². The van der Waals surface area contributed by atoms with E-state index in [0.717, 1.165) is 13.0 Å². The van der Waals surface area contributed by atoms with Crippen LogP contribution in [0.3, 0.4) is 0 Å². The first-order valence-corrected chi connectivity index (χ1v) is 7.92. The molecule has 2 aromatic rings. The van der Waals surface area contributed by atoms with Gasteiger partial charge in [0.1, 0.15) is 17.4 Å². The maximum Gasteiger partial charge on any atom is 0.227 e. The van der Waals surface area contributed by atoms with Crippen LogP contribution in [0.25, 0.3) is 11.0 Å². The third kappa shape index (κ3) is 4.16. The van der Waals surface area contributed by atoms with E-state index in [9.17, 15) is 5.11 Å². The average Bonchev–Trinajstić information content (AvgIpc) is 2.56. The second kappa shape index (κ2) is 7.87. The molecule has 0 aliphatic carbocycles. The highest BCUT2D eigenvalue weighted by atomic mass is 16.3. The van der Waals surface area contributed by atoms with E-state index in [1.807, 2.05) is 25.9 Å². The fourth-order valence-corrected chi connectivity index (χ4v) is 1.99. The summed E-state index contributed by atoms with van der Waals surface area (Å²) >= 11 is 0. The highest BCUT2D eigenvalue weighted by molar-refractivity contribution is 5.93. The standard InChI is InChI=1S/C15H25N7O/c1-5-7-16-14-11-12(20-15(21-14)22(3)4)13(19-9-18-11)17-8-10(23)6-2/h9-10,23H,5-8H2,1-4H3,(H,16,20,21)(H,17,18,19). The Morgan fingerprint density at radius 3 is 2.52 bits per heavy atom. The number of hydrogen-bond acceptors (Lipinski definition) is 8. The number of anilines is 3. The van der Waals surface area contributed by atoms with E-state index in [2.05, 4.69) is 37.5 Å². The van der Waals surface area contributed by atoms with Crippen molar-refractivity contribution in [1.82, 2.24) is 19.9 Å². The van der Waals surface area contributed by atoms with Gasteiger partial charge < -0.3 is 20.6 Å². The van der Waals surface area contributed by atoms with E-state index in [4.69, 9.17) is 0 Å². The smallest absolute Gasteiger partial charge is 0.227 e. The number of nitrogens with zero attached hydrogens (tertiary/aromatic N) is 5. The van der Waals surface area contributed by atoms with Crippen LogP contribution in [-0.4, -0.2) is 58.3 Å². The zero-order valence-corrected chi connectivity index (χ0v) is 14.2. The van der Waals surface area contributed by atoms with Gasteiger partial charge in [0.25, 0.3) is 0 Å². The molecule has 8 heteroatoms. The van der Waals surface area contributed by atoms with Crippen LogP contribution in [0.1, 0.15) is 26.7 Å². The fourth-order valence-electron chi connectivity index (χ4n) is 1.99. The van der Waals surface area contributed by atoms with E-state index in [-0.39, 0.29) is 0 Å². The van der Waals surface area contributed by atoms with E-state index >= 15 is 0 Å². The molecule has 0 fully saturated rings. The summed E-state index contributed by atoms with van der Waals surface area (Å²) in [6.07, 6.45) is 2.73. The van der Waals surface area contributed by atoms with Crippen LogP contribution in [0.5, 0.6) is 0 Å².